The zero-order valence-electron chi connectivity index (χ0n) is 22.5. The summed E-state index contributed by atoms with van der Waals surface area (Å²) in [5, 5.41) is 33.8. The number of aryl methyl sites for hydroxylation is 1. The molecule has 2 fully saturated rings. The van der Waals surface area contributed by atoms with E-state index >= 15 is 0 Å². The van der Waals surface area contributed by atoms with E-state index in [1.165, 1.54) is 64.8 Å². The Hall–Kier alpha value is -3.38. The van der Waals surface area contributed by atoms with Crippen molar-refractivity contribution in [3.63, 3.8) is 0 Å². The first-order valence-corrected chi connectivity index (χ1v) is 13.9. The minimum atomic E-state index is -1.26. The fourth-order valence-electron chi connectivity index (χ4n) is 4.74. The highest BCUT2D eigenvalue weighted by molar-refractivity contribution is 6.38. The van der Waals surface area contributed by atoms with Gasteiger partial charge in [-0.05, 0) is 57.0 Å². The molecule has 41 heavy (non-hydrogen) atoms. The van der Waals surface area contributed by atoms with Gasteiger partial charge < -0.3 is 29.9 Å². The molecule has 1 atom stereocenters. The van der Waals surface area contributed by atoms with Crippen LogP contribution in [-0.4, -0.2) is 97.4 Å². The molecule has 2 aliphatic heterocycles. The molecule has 13 heteroatoms. The summed E-state index contributed by atoms with van der Waals surface area (Å²) in [6, 6.07) is 6.75. The maximum Gasteiger partial charge on any atom is 0.328 e. The number of fused-ring (bicyclic) bond motifs is 2. The Balaban J connectivity index is 0.000000304. The lowest BCUT2D eigenvalue weighted by molar-refractivity contribution is -0.134. The van der Waals surface area contributed by atoms with E-state index in [2.05, 4.69) is 26.6 Å². The van der Waals surface area contributed by atoms with Gasteiger partial charge in [0.1, 0.15) is 0 Å². The number of benzene rings is 1. The number of piperidine rings is 1. The molecule has 2 aromatic rings. The van der Waals surface area contributed by atoms with Crippen molar-refractivity contribution in [1.29, 1.82) is 0 Å². The molecule has 1 aromatic heterocycles. The number of unbranched alkanes of at least 4 members (excludes halogenated alkanes) is 1. The highest BCUT2D eigenvalue weighted by Gasteiger charge is 2.28. The Kier molecular flexibility index (Phi) is 14.4. The van der Waals surface area contributed by atoms with E-state index in [9.17, 15) is 19.2 Å². The second kappa shape index (κ2) is 17.4. The Labute approximate surface area is 247 Å². The summed E-state index contributed by atoms with van der Waals surface area (Å²) in [5.41, 5.74) is 1.15. The average Bonchev–Trinajstić information content (AvgIpc) is 3.32. The monoisotopic (exact) mass is 611 g/mol. The third-order valence-corrected chi connectivity index (χ3v) is 7.12. The summed E-state index contributed by atoms with van der Waals surface area (Å²) in [6.45, 7) is 7.37. The van der Waals surface area contributed by atoms with Gasteiger partial charge in [0.2, 0.25) is 0 Å². The van der Waals surface area contributed by atoms with Gasteiger partial charge in [-0.3, -0.25) is 4.90 Å². The predicted octanol–water partition coefficient (Wildman–Crippen LogP) is 4.32. The smallest absolute Gasteiger partial charge is 0.328 e. The van der Waals surface area contributed by atoms with Crippen LogP contribution in [-0.2, 0) is 25.7 Å². The van der Waals surface area contributed by atoms with Crippen LogP contribution in [0.4, 0.5) is 0 Å². The fourth-order valence-corrected chi connectivity index (χ4v) is 5.29. The number of rotatable bonds is 9. The summed E-state index contributed by atoms with van der Waals surface area (Å²) in [7, 11) is 0. The minimum Gasteiger partial charge on any atom is -0.478 e. The van der Waals surface area contributed by atoms with Crippen molar-refractivity contribution in [2.24, 2.45) is 0 Å². The number of carboxylic acid groups (broad SMARTS) is 4. The molecule has 4 rings (SSSR count). The van der Waals surface area contributed by atoms with E-state index in [-0.39, 0.29) is 0 Å². The first-order valence-electron chi connectivity index (χ1n) is 13.1. The van der Waals surface area contributed by atoms with Crippen LogP contribution in [0.1, 0.15) is 32.1 Å². The van der Waals surface area contributed by atoms with Gasteiger partial charge in [0.05, 0.1) is 10.5 Å². The van der Waals surface area contributed by atoms with E-state index in [1.807, 2.05) is 12.1 Å². The highest BCUT2D eigenvalue weighted by atomic mass is 35.5. The van der Waals surface area contributed by atoms with Crippen molar-refractivity contribution in [3.05, 3.63) is 58.7 Å². The van der Waals surface area contributed by atoms with Crippen LogP contribution in [0.3, 0.4) is 0 Å². The second-order valence-corrected chi connectivity index (χ2v) is 10.4. The van der Waals surface area contributed by atoms with Gasteiger partial charge in [-0.2, -0.15) is 0 Å². The Bertz CT molecular complexity index is 1190. The van der Waals surface area contributed by atoms with Gasteiger partial charge in [0, 0.05) is 73.1 Å². The molecular weight excluding hydrogens is 577 g/mol. The summed E-state index contributed by atoms with van der Waals surface area (Å²) in [5.74, 6) is -5.03. The van der Waals surface area contributed by atoms with Crippen LogP contribution in [0.15, 0.2) is 48.7 Å². The fraction of sp³-hybridized carbons (Fsp3) is 0.429. The molecule has 0 bridgehead atoms. The number of halogens is 2. The van der Waals surface area contributed by atoms with Gasteiger partial charge in [0.25, 0.3) is 0 Å². The molecule has 2 saturated heterocycles. The third kappa shape index (κ3) is 12.8. The van der Waals surface area contributed by atoms with Crippen molar-refractivity contribution < 1.29 is 39.6 Å². The molecule has 2 aliphatic rings. The lowest BCUT2D eigenvalue weighted by Gasteiger charge is -2.44. The highest BCUT2D eigenvalue weighted by Crippen LogP contribution is 2.29. The van der Waals surface area contributed by atoms with Crippen LogP contribution in [0.25, 0.3) is 10.9 Å². The number of carboxylic acids is 4. The number of hydrogen-bond donors (Lipinski definition) is 4. The van der Waals surface area contributed by atoms with Crippen LogP contribution in [0, 0.1) is 0 Å². The van der Waals surface area contributed by atoms with Crippen LogP contribution in [0.5, 0.6) is 0 Å². The Morgan fingerprint density at radius 3 is 1.98 bits per heavy atom. The van der Waals surface area contributed by atoms with E-state index in [4.69, 9.17) is 43.6 Å². The predicted molar refractivity (Wildman–Crippen MR) is 156 cm³/mol. The summed E-state index contributed by atoms with van der Waals surface area (Å²) < 4.78 is 2.28. The third-order valence-electron chi connectivity index (χ3n) is 6.58. The first kappa shape index (κ1) is 33.8. The van der Waals surface area contributed by atoms with E-state index in [1.54, 1.807) is 0 Å². The SMILES string of the molecule is Clc1cc(Cl)c2ccn(CCCCN3CCN4CCCCC4C3)c2c1.O=C(O)/C=C/C(=O)O.O=C(O)/C=C/C(=O)O. The molecular formula is C28H35Cl2N3O8. The van der Waals surface area contributed by atoms with Crippen molar-refractivity contribution in [2.75, 3.05) is 32.7 Å². The quantitative estimate of drug-likeness (QED) is 0.237. The Morgan fingerprint density at radius 2 is 1.39 bits per heavy atom. The second-order valence-electron chi connectivity index (χ2n) is 9.54. The number of piperazine rings is 1. The van der Waals surface area contributed by atoms with Gasteiger partial charge in [0.15, 0.2) is 0 Å². The van der Waals surface area contributed by atoms with Crippen LogP contribution in [0.2, 0.25) is 10.0 Å². The van der Waals surface area contributed by atoms with Crippen molar-refractivity contribution >= 4 is 58.0 Å². The molecule has 0 spiro atoms. The maximum atomic E-state index is 9.55. The number of carbonyl (C=O) groups is 4. The van der Waals surface area contributed by atoms with Crippen LogP contribution >= 0.6 is 23.2 Å². The van der Waals surface area contributed by atoms with E-state index in [0.29, 0.717) is 29.3 Å². The summed E-state index contributed by atoms with van der Waals surface area (Å²) in [6.07, 6.45) is 11.0. The molecule has 0 aliphatic carbocycles. The standard InChI is InChI=1S/C20H27Cl2N3.2C4H4O4/c21-16-13-19(22)18-6-10-25(20(18)14-16)9-4-3-7-23-11-12-24-8-2-1-5-17(24)15-23;2*5-3(6)1-2-4(7)8/h6,10,13-14,17H,1-5,7-9,11-12,15H2;2*1-2H,(H,5,6)(H,7,8)/b;2*2-1+. The molecule has 0 radical (unpaired) electrons. The molecule has 11 nitrogen and oxygen atoms in total. The van der Waals surface area contributed by atoms with Gasteiger partial charge in [-0.1, -0.05) is 29.6 Å². The van der Waals surface area contributed by atoms with Crippen molar-refractivity contribution in [3.8, 4) is 0 Å². The van der Waals surface area contributed by atoms with E-state index in [0.717, 1.165) is 28.5 Å². The molecule has 1 aromatic carbocycles. The molecule has 0 amide bonds. The van der Waals surface area contributed by atoms with Crippen molar-refractivity contribution in [1.82, 2.24) is 14.4 Å². The minimum absolute atomic E-state index is 0.558. The number of hydrogen-bond acceptors (Lipinski definition) is 6. The summed E-state index contributed by atoms with van der Waals surface area (Å²) >= 11 is 12.4. The Morgan fingerprint density at radius 1 is 0.805 bits per heavy atom. The molecule has 3 heterocycles. The van der Waals surface area contributed by atoms with E-state index < -0.39 is 23.9 Å². The topological polar surface area (TPSA) is 161 Å². The molecule has 224 valence electrons. The normalized spacial score (nSPS) is 17.4. The van der Waals surface area contributed by atoms with Gasteiger partial charge in [-0.15, -0.1) is 0 Å². The molecule has 4 N–H and O–H groups in total. The lowest BCUT2D eigenvalue weighted by atomic mass is 9.99. The molecule has 1 unspecified atom stereocenters. The number of aliphatic carboxylic acids is 4. The zero-order valence-corrected chi connectivity index (χ0v) is 24.0. The van der Waals surface area contributed by atoms with Crippen LogP contribution < -0.4 is 0 Å². The average molecular weight is 613 g/mol. The van der Waals surface area contributed by atoms with Crippen molar-refractivity contribution in [2.45, 2.75) is 44.7 Å². The van der Waals surface area contributed by atoms with Gasteiger partial charge in [-0.25, -0.2) is 19.2 Å². The lowest BCUT2D eigenvalue weighted by Crippen LogP contribution is -2.54. The first-order chi connectivity index (χ1) is 19.5. The zero-order chi connectivity index (χ0) is 30.4. The largest absolute Gasteiger partial charge is 0.478 e. The summed E-state index contributed by atoms with van der Waals surface area (Å²) in [4.78, 5) is 43.6. The number of nitrogens with zero attached hydrogens (tertiary/aromatic N) is 3. The molecule has 0 saturated carbocycles. The van der Waals surface area contributed by atoms with Gasteiger partial charge >= 0.3 is 23.9 Å². The maximum absolute atomic E-state index is 9.55. The number of aromatic nitrogens is 1.